The molecule has 0 amide bonds. The molecular weight excluding hydrogens is 401 g/mol. The summed E-state index contributed by atoms with van der Waals surface area (Å²) in [6.07, 6.45) is 1.83. The van der Waals surface area contributed by atoms with Crippen LogP contribution >= 0.6 is 23.2 Å². The number of halogens is 2. The molecule has 2 heterocycles. The maximum atomic E-state index is 6.29. The van der Waals surface area contributed by atoms with Crippen LogP contribution in [0, 0.1) is 0 Å². The van der Waals surface area contributed by atoms with Gasteiger partial charge in [0.15, 0.2) is 11.5 Å². The lowest BCUT2D eigenvalue weighted by molar-refractivity contribution is 0.174. The summed E-state index contributed by atoms with van der Waals surface area (Å²) in [7, 11) is 1.68. The Hall–Kier alpha value is -2.41. The molecule has 6 nitrogen and oxygen atoms in total. The number of nitrogens with zero attached hydrogens (tertiary/aromatic N) is 2. The zero-order chi connectivity index (χ0) is 19.5. The highest BCUT2D eigenvalue weighted by Gasteiger charge is 2.17. The normalized spacial score (nSPS) is 12.4. The van der Waals surface area contributed by atoms with Gasteiger partial charge < -0.3 is 24.1 Å². The van der Waals surface area contributed by atoms with E-state index in [-0.39, 0.29) is 6.79 Å². The van der Waals surface area contributed by atoms with E-state index in [4.69, 9.17) is 37.4 Å². The third-order valence-corrected chi connectivity index (χ3v) is 5.37. The van der Waals surface area contributed by atoms with Gasteiger partial charge in [-0.15, -0.1) is 0 Å². The van der Waals surface area contributed by atoms with Gasteiger partial charge in [0.1, 0.15) is 0 Å². The van der Waals surface area contributed by atoms with Crippen LogP contribution in [0.3, 0.4) is 0 Å². The molecule has 1 aliphatic rings. The van der Waals surface area contributed by atoms with Crippen molar-refractivity contribution in [3.05, 3.63) is 58.2 Å². The largest absolute Gasteiger partial charge is 0.454 e. The van der Waals surface area contributed by atoms with E-state index in [0.29, 0.717) is 29.7 Å². The van der Waals surface area contributed by atoms with E-state index in [1.165, 1.54) is 0 Å². The monoisotopic (exact) mass is 419 g/mol. The molecule has 146 valence electrons. The molecule has 0 atom stereocenters. The number of imidazole rings is 1. The number of hydrogen-bond donors (Lipinski definition) is 1. The second-order valence-corrected chi connectivity index (χ2v) is 7.03. The van der Waals surface area contributed by atoms with Gasteiger partial charge in [-0.25, -0.2) is 4.98 Å². The van der Waals surface area contributed by atoms with Crippen molar-refractivity contribution in [3.8, 4) is 22.8 Å². The van der Waals surface area contributed by atoms with Crippen molar-refractivity contribution >= 4 is 29.2 Å². The third kappa shape index (κ3) is 3.76. The van der Waals surface area contributed by atoms with Crippen LogP contribution in [-0.2, 0) is 17.8 Å². The van der Waals surface area contributed by atoms with Crippen molar-refractivity contribution in [1.29, 1.82) is 0 Å². The predicted molar refractivity (Wildman–Crippen MR) is 109 cm³/mol. The Morgan fingerprint density at radius 2 is 2.04 bits per heavy atom. The number of nitrogens with one attached hydrogen (secondary N) is 1. The van der Waals surface area contributed by atoms with Gasteiger partial charge in [0.25, 0.3) is 0 Å². The van der Waals surface area contributed by atoms with Crippen molar-refractivity contribution in [2.45, 2.75) is 13.1 Å². The van der Waals surface area contributed by atoms with Crippen LogP contribution in [0.4, 0.5) is 5.95 Å². The minimum atomic E-state index is 0.245. The molecule has 1 N–H and O–H groups in total. The quantitative estimate of drug-likeness (QED) is 0.593. The highest BCUT2D eigenvalue weighted by atomic mass is 35.5. The minimum Gasteiger partial charge on any atom is -0.454 e. The molecule has 0 saturated carbocycles. The van der Waals surface area contributed by atoms with Gasteiger partial charge >= 0.3 is 0 Å². The molecule has 2 aromatic carbocycles. The number of aromatic nitrogens is 2. The molecule has 0 unspecified atom stereocenters. The van der Waals surface area contributed by atoms with E-state index < -0.39 is 0 Å². The Morgan fingerprint density at radius 1 is 1.18 bits per heavy atom. The van der Waals surface area contributed by atoms with Crippen LogP contribution in [0.25, 0.3) is 11.3 Å². The summed E-state index contributed by atoms with van der Waals surface area (Å²) >= 11 is 12.4. The van der Waals surface area contributed by atoms with Crippen molar-refractivity contribution in [2.75, 3.05) is 25.8 Å². The number of benzene rings is 2. The maximum Gasteiger partial charge on any atom is 0.231 e. The molecular formula is C20H19Cl2N3O3. The average molecular weight is 420 g/mol. The Balaban J connectivity index is 1.62. The topological polar surface area (TPSA) is 57.5 Å². The van der Waals surface area contributed by atoms with Gasteiger partial charge in [0.05, 0.1) is 28.5 Å². The second kappa shape index (κ2) is 8.31. The Kier molecular flexibility index (Phi) is 5.62. The second-order valence-electron chi connectivity index (χ2n) is 6.25. The molecule has 1 aromatic heterocycles. The van der Waals surface area contributed by atoms with Crippen LogP contribution in [0.15, 0.2) is 42.6 Å². The SMILES string of the molecule is COCCn1c(-c2ccc3c(c2)OCO3)cnc1NCc1cccc(Cl)c1Cl. The number of anilines is 1. The first-order valence-electron chi connectivity index (χ1n) is 8.78. The highest BCUT2D eigenvalue weighted by Crippen LogP contribution is 2.36. The first-order valence-corrected chi connectivity index (χ1v) is 9.54. The van der Waals surface area contributed by atoms with Crippen LogP contribution in [0.2, 0.25) is 10.0 Å². The van der Waals surface area contributed by atoms with Crippen LogP contribution in [-0.4, -0.2) is 30.1 Å². The van der Waals surface area contributed by atoms with Crippen molar-refractivity contribution in [2.24, 2.45) is 0 Å². The summed E-state index contributed by atoms with van der Waals surface area (Å²) in [5.41, 5.74) is 2.84. The zero-order valence-electron chi connectivity index (χ0n) is 15.2. The van der Waals surface area contributed by atoms with E-state index in [9.17, 15) is 0 Å². The Bertz CT molecular complexity index is 991. The average Bonchev–Trinajstić information content (AvgIpc) is 3.33. The molecule has 0 radical (unpaired) electrons. The molecule has 0 spiro atoms. The van der Waals surface area contributed by atoms with Crippen molar-refractivity contribution in [3.63, 3.8) is 0 Å². The summed E-state index contributed by atoms with van der Waals surface area (Å²) in [4.78, 5) is 4.55. The summed E-state index contributed by atoms with van der Waals surface area (Å²) in [6.45, 7) is 1.95. The number of methoxy groups -OCH3 is 1. The minimum absolute atomic E-state index is 0.245. The fraction of sp³-hybridized carbons (Fsp3) is 0.250. The Morgan fingerprint density at radius 3 is 2.89 bits per heavy atom. The lowest BCUT2D eigenvalue weighted by Gasteiger charge is -2.14. The van der Waals surface area contributed by atoms with E-state index in [0.717, 1.165) is 34.3 Å². The standard InChI is InChI=1S/C20H19Cl2N3O3/c1-26-8-7-25-16(13-5-6-17-18(9-13)28-12-27-17)11-24-20(25)23-10-14-3-2-4-15(21)19(14)22/h2-6,9,11H,7-8,10,12H2,1H3,(H,23,24). The zero-order valence-corrected chi connectivity index (χ0v) is 16.8. The van der Waals surface area contributed by atoms with E-state index in [1.54, 1.807) is 13.2 Å². The summed E-state index contributed by atoms with van der Waals surface area (Å²) in [6, 6.07) is 11.4. The van der Waals surface area contributed by atoms with Crippen LogP contribution < -0.4 is 14.8 Å². The third-order valence-electron chi connectivity index (χ3n) is 4.51. The lowest BCUT2D eigenvalue weighted by atomic mass is 10.1. The molecule has 1 aliphatic heterocycles. The van der Waals surface area contributed by atoms with Gasteiger partial charge in [-0.1, -0.05) is 35.3 Å². The van der Waals surface area contributed by atoms with E-state index in [2.05, 4.69) is 14.9 Å². The first-order chi connectivity index (χ1) is 13.7. The van der Waals surface area contributed by atoms with E-state index in [1.807, 2.05) is 36.5 Å². The summed E-state index contributed by atoms with van der Waals surface area (Å²) in [5.74, 6) is 2.21. The van der Waals surface area contributed by atoms with Gasteiger partial charge in [0.2, 0.25) is 12.7 Å². The lowest BCUT2D eigenvalue weighted by Crippen LogP contribution is -2.12. The maximum absolute atomic E-state index is 6.29. The van der Waals surface area contributed by atoms with Gasteiger partial charge in [-0.3, -0.25) is 0 Å². The van der Waals surface area contributed by atoms with E-state index >= 15 is 0 Å². The number of fused-ring (bicyclic) bond motifs is 1. The molecule has 4 rings (SSSR count). The van der Waals surface area contributed by atoms with Crippen LogP contribution in [0.5, 0.6) is 11.5 Å². The number of rotatable bonds is 7. The highest BCUT2D eigenvalue weighted by molar-refractivity contribution is 6.42. The Labute approximate surface area is 173 Å². The summed E-state index contributed by atoms with van der Waals surface area (Å²) < 4.78 is 18.2. The van der Waals surface area contributed by atoms with Crippen molar-refractivity contribution < 1.29 is 14.2 Å². The molecule has 0 aliphatic carbocycles. The fourth-order valence-electron chi connectivity index (χ4n) is 3.07. The predicted octanol–water partition coefficient (Wildman–Crippen LogP) is 4.84. The molecule has 0 bridgehead atoms. The van der Waals surface area contributed by atoms with Crippen molar-refractivity contribution in [1.82, 2.24) is 9.55 Å². The molecule has 3 aromatic rings. The first kappa shape index (κ1) is 18.9. The fourth-order valence-corrected chi connectivity index (χ4v) is 3.46. The smallest absolute Gasteiger partial charge is 0.231 e. The molecule has 0 saturated heterocycles. The molecule has 28 heavy (non-hydrogen) atoms. The van der Waals surface area contributed by atoms with Gasteiger partial charge in [-0.05, 0) is 29.8 Å². The summed E-state index contributed by atoms with van der Waals surface area (Å²) in [5, 5.41) is 4.42. The molecule has 0 fully saturated rings. The van der Waals surface area contributed by atoms with Gasteiger partial charge in [-0.2, -0.15) is 0 Å². The number of hydrogen-bond acceptors (Lipinski definition) is 5. The van der Waals surface area contributed by atoms with Gasteiger partial charge in [0, 0.05) is 25.8 Å². The molecule has 8 heteroatoms. The number of ether oxygens (including phenoxy) is 3. The van der Waals surface area contributed by atoms with Crippen LogP contribution in [0.1, 0.15) is 5.56 Å².